The second-order valence-corrected chi connectivity index (χ2v) is 4.99. The third-order valence-corrected chi connectivity index (χ3v) is 3.42. The van der Waals surface area contributed by atoms with Gasteiger partial charge in [0.25, 0.3) is 5.91 Å². The van der Waals surface area contributed by atoms with Crippen molar-refractivity contribution < 1.29 is 27.5 Å². The number of allylic oxidation sites excluding steroid dienone is 1. The molecule has 1 saturated heterocycles. The van der Waals surface area contributed by atoms with Gasteiger partial charge in [-0.1, -0.05) is 30.3 Å². The molecule has 2 atom stereocenters. The summed E-state index contributed by atoms with van der Waals surface area (Å²) in [7, 11) is 0. The molecule has 1 aromatic rings. The first-order chi connectivity index (χ1) is 10.2. The Morgan fingerprint density at radius 2 is 1.86 bits per heavy atom. The summed E-state index contributed by atoms with van der Waals surface area (Å²) in [6.45, 7) is 2.33. The largest absolute Gasteiger partial charge is 0.439 e. The van der Waals surface area contributed by atoms with Crippen molar-refractivity contribution in [1.29, 1.82) is 0 Å². The minimum atomic E-state index is -4.61. The average Bonchev–Trinajstić information content (AvgIpc) is 2.74. The first kappa shape index (κ1) is 16.1. The lowest BCUT2D eigenvalue weighted by molar-refractivity contribution is -0.125. The summed E-state index contributed by atoms with van der Waals surface area (Å²) < 4.78 is 42.5. The van der Waals surface area contributed by atoms with Crippen LogP contribution in [0.3, 0.4) is 0 Å². The summed E-state index contributed by atoms with van der Waals surface area (Å²) in [6.07, 6.45) is -5.85. The molecule has 1 aliphatic rings. The summed E-state index contributed by atoms with van der Waals surface area (Å²) >= 11 is 0. The number of carbonyl (C=O) groups excluding carboxylic acids is 2. The maximum absolute atomic E-state index is 12.5. The highest BCUT2D eigenvalue weighted by Gasteiger charge is 2.43. The van der Waals surface area contributed by atoms with Crippen LogP contribution in [0.25, 0.3) is 0 Å². The number of alkyl halides is 3. The van der Waals surface area contributed by atoms with Gasteiger partial charge in [0.2, 0.25) is 0 Å². The summed E-state index contributed by atoms with van der Waals surface area (Å²) in [5.41, 5.74) is -0.393. The number of ether oxygens (including phenoxy) is 1. The molecular weight excluding hydrogens is 299 g/mol. The van der Waals surface area contributed by atoms with E-state index in [0.29, 0.717) is 16.5 Å². The smallest absolute Gasteiger partial charge is 0.417 e. The van der Waals surface area contributed by atoms with Crippen LogP contribution in [0.15, 0.2) is 42.0 Å². The van der Waals surface area contributed by atoms with E-state index in [-0.39, 0.29) is 0 Å². The summed E-state index contributed by atoms with van der Waals surface area (Å²) in [6, 6.07) is 8.02. The normalized spacial score (nSPS) is 22.7. The highest BCUT2D eigenvalue weighted by Crippen LogP contribution is 2.33. The number of hydrogen-bond acceptors (Lipinski definition) is 3. The zero-order valence-electron chi connectivity index (χ0n) is 11.9. The average molecular weight is 313 g/mol. The number of carbonyl (C=O) groups is 2. The maximum atomic E-state index is 12.5. The van der Waals surface area contributed by atoms with Crippen LogP contribution in [-0.4, -0.2) is 29.1 Å². The molecule has 0 radical (unpaired) electrons. The lowest BCUT2D eigenvalue weighted by Crippen LogP contribution is -2.37. The van der Waals surface area contributed by atoms with Crippen molar-refractivity contribution in [3.05, 3.63) is 47.5 Å². The number of rotatable bonds is 2. The Hall–Kier alpha value is -2.31. The second-order valence-electron chi connectivity index (χ2n) is 4.99. The van der Waals surface area contributed by atoms with Gasteiger partial charge in [0.05, 0.1) is 6.04 Å². The van der Waals surface area contributed by atoms with E-state index in [9.17, 15) is 22.8 Å². The SMILES string of the molecule is C/C(=C\C(=O)N1C(=O)O[C@@H](c2ccccc2)[C@H]1C)C(F)(F)F. The van der Waals surface area contributed by atoms with E-state index in [1.807, 2.05) is 0 Å². The second kappa shape index (κ2) is 5.82. The van der Waals surface area contributed by atoms with Crippen LogP contribution in [-0.2, 0) is 9.53 Å². The first-order valence-electron chi connectivity index (χ1n) is 6.56. The highest BCUT2D eigenvalue weighted by molar-refractivity contribution is 6.00. The van der Waals surface area contributed by atoms with Gasteiger partial charge in [0.1, 0.15) is 6.10 Å². The third-order valence-electron chi connectivity index (χ3n) is 3.42. The fourth-order valence-electron chi connectivity index (χ4n) is 2.18. The first-order valence-corrected chi connectivity index (χ1v) is 6.56. The Morgan fingerprint density at radius 1 is 1.27 bits per heavy atom. The van der Waals surface area contributed by atoms with Crippen molar-refractivity contribution >= 4 is 12.0 Å². The van der Waals surface area contributed by atoms with E-state index in [4.69, 9.17) is 4.74 Å². The van der Waals surface area contributed by atoms with Crippen LogP contribution in [0.2, 0.25) is 0 Å². The molecule has 0 spiro atoms. The molecule has 118 valence electrons. The van der Waals surface area contributed by atoms with Gasteiger partial charge in [-0.2, -0.15) is 13.2 Å². The molecule has 0 unspecified atom stereocenters. The van der Waals surface area contributed by atoms with Gasteiger partial charge in [-0.3, -0.25) is 4.79 Å². The number of imide groups is 1. The third kappa shape index (κ3) is 3.13. The lowest BCUT2D eigenvalue weighted by Gasteiger charge is -2.18. The molecule has 7 heteroatoms. The summed E-state index contributed by atoms with van der Waals surface area (Å²) in [5.74, 6) is -1.04. The molecule has 0 N–H and O–H groups in total. The maximum Gasteiger partial charge on any atom is 0.417 e. The molecule has 1 aromatic carbocycles. The Kier molecular flexibility index (Phi) is 4.25. The predicted molar refractivity (Wildman–Crippen MR) is 71.8 cm³/mol. The van der Waals surface area contributed by atoms with Gasteiger partial charge in [0, 0.05) is 11.6 Å². The van der Waals surface area contributed by atoms with E-state index in [1.54, 1.807) is 37.3 Å². The molecule has 0 aromatic heterocycles. The molecular formula is C15H14F3NO3. The van der Waals surface area contributed by atoms with Crippen molar-refractivity contribution in [2.24, 2.45) is 0 Å². The molecule has 1 fully saturated rings. The Balaban J connectivity index is 2.23. The van der Waals surface area contributed by atoms with Gasteiger partial charge < -0.3 is 4.74 Å². The van der Waals surface area contributed by atoms with E-state index >= 15 is 0 Å². The minimum absolute atomic E-state index is 0.408. The van der Waals surface area contributed by atoms with Crippen LogP contribution in [0.4, 0.5) is 18.0 Å². The zero-order valence-corrected chi connectivity index (χ0v) is 11.9. The molecule has 2 rings (SSSR count). The van der Waals surface area contributed by atoms with E-state index in [0.717, 1.165) is 6.92 Å². The van der Waals surface area contributed by atoms with Crippen LogP contribution in [0.5, 0.6) is 0 Å². The molecule has 22 heavy (non-hydrogen) atoms. The van der Waals surface area contributed by atoms with Gasteiger partial charge in [0.15, 0.2) is 0 Å². The van der Waals surface area contributed by atoms with Crippen LogP contribution >= 0.6 is 0 Å². The number of halogens is 3. The Bertz CT molecular complexity index is 610. The number of hydrogen-bond donors (Lipinski definition) is 0. The van der Waals surface area contributed by atoms with Gasteiger partial charge in [-0.15, -0.1) is 0 Å². The fourth-order valence-corrected chi connectivity index (χ4v) is 2.18. The lowest BCUT2D eigenvalue weighted by atomic mass is 10.0. The number of amides is 2. The van der Waals surface area contributed by atoms with Gasteiger partial charge in [-0.25, -0.2) is 9.69 Å². The number of cyclic esters (lactones) is 1. The predicted octanol–water partition coefficient (Wildman–Crippen LogP) is 3.60. The van der Waals surface area contributed by atoms with Crippen LogP contribution in [0.1, 0.15) is 25.5 Å². The fraction of sp³-hybridized carbons (Fsp3) is 0.333. The van der Waals surface area contributed by atoms with E-state index in [1.165, 1.54) is 0 Å². The summed E-state index contributed by atoms with van der Waals surface area (Å²) in [4.78, 5) is 24.5. The number of nitrogens with zero attached hydrogens (tertiary/aromatic N) is 1. The standard InChI is InChI=1S/C15H14F3NO3/c1-9(15(16,17)18)8-12(20)19-10(2)13(22-14(19)21)11-6-4-3-5-7-11/h3-8,10,13H,1-2H3/b9-8+/t10-,13-/m1/s1. The Morgan fingerprint density at radius 3 is 2.41 bits per heavy atom. The monoisotopic (exact) mass is 313 g/mol. The van der Waals surface area contributed by atoms with Gasteiger partial charge >= 0.3 is 12.3 Å². The Labute approximate surface area is 125 Å². The van der Waals surface area contributed by atoms with Crippen molar-refractivity contribution in [3.63, 3.8) is 0 Å². The van der Waals surface area contributed by atoms with Gasteiger partial charge in [-0.05, 0) is 19.4 Å². The topological polar surface area (TPSA) is 46.6 Å². The molecule has 1 aliphatic heterocycles. The quantitative estimate of drug-likeness (QED) is 0.784. The molecule has 0 aliphatic carbocycles. The van der Waals surface area contributed by atoms with Crippen LogP contribution in [0, 0.1) is 0 Å². The number of benzene rings is 1. The van der Waals surface area contributed by atoms with Crippen molar-refractivity contribution in [2.75, 3.05) is 0 Å². The molecule has 1 heterocycles. The summed E-state index contributed by atoms with van der Waals surface area (Å²) in [5, 5.41) is 0. The molecule has 0 saturated carbocycles. The van der Waals surface area contributed by atoms with Crippen molar-refractivity contribution in [2.45, 2.75) is 32.2 Å². The zero-order chi connectivity index (χ0) is 16.5. The molecule has 4 nitrogen and oxygen atoms in total. The molecule has 0 bridgehead atoms. The van der Waals surface area contributed by atoms with E-state index in [2.05, 4.69) is 0 Å². The minimum Gasteiger partial charge on any atom is -0.439 e. The van der Waals surface area contributed by atoms with Crippen LogP contribution < -0.4 is 0 Å². The van der Waals surface area contributed by atoms with Crippen molar-refractivity contribution in [3.8, 4) is 0 Å². The van der Waals surface area contributed by atoms with Crippen molar-refractivity contribution in [1.82, 2.24) is 4.90 Å². The van der Waals surface area contributed by atoms with E-state index < -0.39 is 35.9 Å². The molecule has 2 amide bonds. The highest BCUT2D eigenvalue weighted by atomic mass is 19.4.